The first kappa shape index (κ1) is 18.7. The summed E-state index contributed by atoms with van der Waals surface area (Å²) in [7, 11) is 1.93. The Balaban J connectivity index is 1.43. The summed E-state index contributed by atoms with van der Waals surface area (Å²) in [6, 6.07) is 13.9. The van der Waals surface area contributed by atoms with Crippen LogP contribution in [-0.4, -0.2) is 34.4 Å². The van der Waals surface area contributed by atoms with Crippen molar-refractivity contribution in [2.24, 2.45) is 13.0 Å². The Hall–Kier alpha value is -2.60. The highest BCUT2D eigenvalue weighted by Gasteiger charge is 2.30. The first-order valence-electron chi connectivity index (χ1n) is 9.72. The number of piperidine rings is 1. The lowest BCUT2D eigenvalue weighted by Gasteiger charge is -2.32. The van der Waals surface area contributed by atoms with Gasteiger partial charge in [-0.3, -0.25) is 9.59 Å². The third-order valence-corrected chi connectivity index (χ3v) is 6.47. The Kier molecular flexibility index (Phi) is 5.22. The van der Waals surface area contributed by atoms with Crippen LogP contribution in [0.1, 0.15) is 41.9 Å². The van der Waals surface area contributed by atoms with Crippen molar-refractivity contribution in [2.45, 2.75) is 25.8 Å². The van der Waals surface area contributed by atoms with E-state index in [1.807, 2.05) is 71.3 Å². The maximum atomic E-state index is 13.1. The maximum Gasteiger partial charge on any atom is 0.270 e. The summed E-state index contributed by atoms with van der Waals surface area (Å²) in [5, 5.41) is 5.15. The van der Waals surface area contributed by atoms with Gasteiger partial charge < -0.3 is 14.8 Å². The predicted molar refractivity (Wildman–Crippen MR) is 112 cm³/mol. The van der Waals surface area contributed by atoms with Crippen LogP contribution in [0.3, 0.4) is 0 Å². The summed E-state index contributed by atoms with van der Waals surface area (Å²) in [6.07, 6.45) is 1.67. The summed E-state index contributed by atoms with van der Waals surface area (Å²) in [6.45, 7) is 3.18. The van der Waals surface area contributed by atoms with Gasteiger partial charge in [-0.15, -0.1) is 11.3 Å². The molecule has 2 atom stereocenters. The van der Waals surface area contributed by atoms with Gasteiger partial charge in [0.05, 0.1) is 22.2 Å². The average molecular weight is 396 g/mol. The fourth-order valence-electron chi connectivity index (χ4n) is 3.95. The van der Waals surface area contributed by atoms with Gasteiger partial charge in [0.15, 0.2) is 0 Å². The molecule has 0 radical (unpaired) electrons. The molecule has 28 heavy (non-hydrogen) atoms. The van der Waals surface area contributed by atoms with Crippen LogP contribution < -0.4 is 5.32 Å². The molecule has 5 nitrogen and oxygen atoms in total. The highest BCUT2D eigenvalue weighted by molar-refractivity contribution is 7.17. The second kappa shape index (κ2) is 7.80. The zero-order chi connectivity index (χ0) is 19.7. The van der Waals surface area contributed by atoms with Gasteiger partial charge in [0.1, 0.15) is 5.69 Å². The normalized spacial score (nSPS) is 18.2. The molecule has 1 aliphatic rings. The van der Waals surface area contributed by atoms with Gasteiger partial charge in [-0.05, 0) is 42.8 Å². The number of nitrogens with zero attached hydrogens (tertiary/aromatic N) is 2. The third-order valence-electron chi connectivity index (χ3n) is 5.62. The Morgan fingerprint density at radius 1 is 1.21 bits per heavy atom. The van der Waals surface area contributed by atoms with Gasteiger partial charge >= 0.3 is 0 Å². The molecule has 6 heteroatoms. The largest absolute Gasteiger partial charge is 0.349 e. The average Bonchev–Trinajstić information content (AvgIpc) is 3.31. The van der Waals surface area contributed by atoms with Crippen LogP contribution in [0.2, 0.25) is 0 Å². The minimum Gasteiger partial charge on any atom is -0.349 e. The van der Waals surface area contributed by atoms with Crippen molar-refractivity contribution in [2.75, 3.05) is 13.1 Å². The second-order valence-electron chi connectivity index (χ2n) is 7.49. The molecule has 146 valence electrons. The van der Waals surface area contributed by atoms with E-state index in [0.717, 1.165) is 28.6 Å². The van der Waals surface area contributed by atoms with Gasteiger partial charge in [0.2, 0.25) is 5.91 Å². The molecule has 1 N–H and O–H groups in total. The number of likely N-dealkylation sites (tertiary alicyclic amines) is 1. The van der Waals surface area contributed by atoms with Crippen molar-refractivity contribution in [1.29, 1.82) is 0 Å². The molecule has 1 saturated heterocycles. The molecule has 0 saturated carbocycles. The number of amides is 2. The van der Waals surface area contributed by atoms with Crippen LogP contribution in [-0.2, 0) is 11.8 Å². The van der Waals surface area contributed by atoms with E-state index in [2.05, 4.69) is 5.32 Å². The van der Waals surface area contributed by atoms with Crippen molar-refractivity contribution in [1.82, 2.24) is 14.8 Å². The topological polar surface area (TPSA) is 54.3 Å². The van der Waals surface area contributed by atoms with Crippen molar-refractivity contribution in [3.05, 3.63) is 59.1 Å². The zero-order valence-electron chi connectivity index (χ0n) is 16.2. The van der Waals surface area contributed by atoms with E-state index in [1.165, 1.54) is 0 Å². The summed E-state index contributed by atoms with van der Waals surface area (Å²) in [5.74, 6) is -0.119. The molecule has 3 heterocycles. The summed E-state index contributed by atoms with van der Waals surface area (Å²) < 4.78 is 3.07. The van der Waals surface area contributed by atoms with Crippen molar-refractivity contribution in [3.8, 4) is 0 Å². The molecule has 3 aromatic rings. The molecule has 0 unspecified atom stereocenters. The van der Waals surface area contributed by atoms with E-state index in [0.29, 0.717) is 18.8 Å². The minimum atomic E-state index is -0.162. The fraction of sp³-hybridized carbons (Fsp3) is 0.364. The molecule has 2 aromatic heterocycles. The van der Waals surface area contributed by atoms with Crippen LogP contribution in [0, 0.1) is 5.92 Å². The molecular formula is C22H25N3O2S. The SMILES string of the molecule is C[C@@H](NC(=O)[C@H]1CCCN(C(=O)c2cc3sccc3n2C)C1)c1ccccc1. The number of thiophene rings is 1. The number of hydrogen-bond acceptors (Lipinski definition) is 3. The van der Waals surface area contributed by atoms with E-state index in [-0.39, 0.29) is 23.8 Å². The maximum absolute atomic E-state index is 13.1. The Morgan fingerprint density at radius 3 is 2.75 bits per heavy atom. The number of aromatic nitrogens is 1. The number of benzene rings is 1. The Labute approximate surface area is 169 Å². The third kappa shape index (κ3) is 3.56. The second-order valence-corrected chi connectivity index (χ2v) is 8.44. The lowest BCUT2D eigenvalue weighted by molar-refractivity contribution is -0.127. The van der Waals surface area contributed by atoms with Gasteiger partial charge in [-0.25, -0.2) is 0 Å². The van der Waals surface area contributed by atoms with Gasteiger partial charge in [0, 0.05) is 20.1 Å². The first-order valence-corrected chi connectivity index (χ1v) is 10.6. The molecule has 1 fully saturated rings. The predicted octanol–water partition coefficient (Wildman–Crippen LogP) is 3.97. The fourth-order valence-corrected chi connectivity index (χ4v) is 4.80. The number of hydrogen-bond donors (Lipinski definition) is 1. The van der Waals surface area contributed by atoms with Gasteiger partial charge in [0.25, 0.3) is 5.91 Å². The number of nitrogens with one attached hydrogen (secondary N) is 1. The number of carbonyl (C=O) groups excluding carboxylic acids is 2. The molecule has 1 aliphatic heterocycles. The highest BCUT2D eigenvalue weighted by Crippen LogP contribution is 2.26. The highest BCUT2D eigenvalue weighted by atomic mass is 32.1. The zero-order valence-corrected chi connectivity index (χ0v) is 17.0. The standard InChI is InChI=1S/C22H25N3O2S/c1-15(16-7-4-3-5-8-16)23-21(26)17-9-6-11-25(14-17)22(27)19-13-20-18(24(19)2)10-12-28-20/h3-5,7-8,10,12-13,15,17H,6,9,11,14H2,1-2H3,(H,23,26)/t15-,17+/m1/s1. The van der Waals surface area contributed by atoms with Crippen molar-refractivity contribution >= 4 is 33.4 Å². The summed E-state index contributed by atoms with van der Waals surface area (Å²) in [5.41, 5.74) is 2.86. The van der Waals surface area contributed by atoms with E-state index >= 15 is 0 Å². The van der Waals surface area contributed by atoms with E-state index in [1.54, 1.807) is 11.3 Å². The molecule has 0 spiro atoms. The van der Waals surface area contributed by atoms with Crippen LogP contribution in [0.15, 0.2) is 47.8 Å². The Bertz CT molecular complexity index is 992. The van der Waals surface area contributed by atoms with Gasteiger partial charge in [-0.1, -0.05) is 30.3 Å². The van der Waals surface area contributed by atoms with Crippen LogP contribution in [0.5, 0.6) is 0 Å². The molecule has 1 aromatic carbocycles. The minimum absolute atomic E-state index is 0.0134. The lowest BCUT2D eigenvalue weighted by atomic mass is 9.96. The number of rotatable bonds is 4. The number of aryl methyl sites for hydroxylation is 1. The lowest BCUT2D eigenvalue weighted by Crippen LogP contribution is -2.46. The molecule has 2 amide bonds. The molecule has 0 aliphatic carbocycles. The van der Waals surface area contributed by atoms with E-state index in [9.17, 15) is 9.59 Å². The van der Waals surface area contributed by atoms with E-state index < -0.39 is 0 Å². The number of fused-ring (bicyclic) bond motifs is 1. The Morgan fingerprint density at radius 2 is 2.00 bits per heavy atom. The quantitative estimate of drug-likeness (QED) is 0.727. The summed E-state index contributed by atoms with van der Waals surface area (Å²) >= 11 is 1.64. The molecule has 4 rings (SSSR count). The molecule has 0 bridgehead atoms. The summed E-state index contributed by atoms with van der Waals surface area (Å²) in [4.78, 5) is 27.7. The van der Waals surface area contributed by atoms with Crippen molar-refractivity contribution in [3.63, 3.8) is 0 Å². The van der Waals surface area contributed by atoms with Crippen LogP contribution in [0.4, 0.5) is 0 Å². The monoisotopic (exact) mass is 395 g/mol. The molecular weight excluding hydrogens is 370 g/mol. The van der Waals surface area contributed by atoms with Gasteiger partial charge in [-0.2, -0.15) is 0 Å². The first-order chi connectivity index (χ1) is 13.5. The van der Waals surface area contributed by atoms with Crippen molar-refractivity contribution < 1.29 is 9.59 Å². The van der Waals surface area contributed by atoms with Crippen LogP contribution in [0.25, 0.3) is 10.2 Å². The number of carbonyl (C=O) groups is 2. The van der Waals surface area contributed by atoms with Crippen LogP contribution >= 0.6 is 11.3 Å². The van der Waals surface area contributed by atoms with E-state index in [4.69, 9.17) is 0 Å². The smallest absolute Gasteiger partial charge is 0.270 e.